The van der Waals surface area contributed by atoms with Crippen molar-refractivity contribution in [3.05, 3.63) is 71.8 Å². The topological polar surface area (TPSA) is 12.4 Å². The summed E-state index contributed by atoms with van der Waals surface area (Å²) in [6, 6.07) is 17.8. The highest BCUT2D eigenvalue weighted by Crippen LogP contribution is 2.25. The van der Waals surface area contributed by atoms with Crippen molar-refractivity contribution in [3.63, 3.8) is 0 Å². The van der Waals surface area contributed by atoms with E-state index in [0.717, 1.165) is 17.3 Å². The first-order chi connectivity index (χ1) is 9.54. The lowest BCUT2D eigenvalue weighted by molar-refractivity contribution is -0.119. The molecule has 0 N–H and O–H groups in total. The van der Waals surface area contributed by atoms with E-state index in [2.05, 4.69) is 4.99 Å². The highest BCUT2D eigenvalue weighted by Gasteiger charge is 2.27. The predicted molar refractivity (Wildman–Crippen MR) is 76.8 cm³/mol. The number of hydrogen-bond donors (Lipinski definition) is 0. The Morgan fingerprint density at radius 3 is 2.00 bits per heavy atom. The SMILES string of the molecule is FC(F)(F)/N=C(/SCc1ccccc1)c1ccccc1. The van der Waals surface area contributed by atoms with Gasteiger partial charge in [-0.1, -0.05) is 60.7 Å². The molecule has 0 aliphatic carbocycles. The van der Waals surface area contributed by atoms with E-state index in [-0.39, 0.29) is 5.04 Å². The zero-order chi connectivity index (χ0) is 14.4. The molecule has 0 unspecified atom stereocenters. The van der Waals surface area contributed by atoms with Gasteiger partial charge < -0.3 is 0 Å². The van der Waals surface area contributed by atoms with Crippen LogP contribution in [0.1, 0.15) is 11.1 Å². The van der Waals surface area contributed by atoms with E-state index in [4.69, 9.17) is 0 Å². The van der Waals surface area contributed by atoms with Gasteiger partial charge in [0.2, 0.25) is 0 Å². The Bertz CT molecular complexity index is 565. The number of nitrogens with zero attached hydrogens (tertiary/aromatic N) is 1. The van der Waals surface area contributed by atoms with Crippen LogP contribution in [-0.4, -0.2) is 11.3 Å². The van der Waals surface area contributed by atoms with Crippen LogP contribution in [0.25, 0.3) is 0 Å². The Balaban J connectivity index is 2.18. The van der Waals surface area contributed by atoms with Gasteiger partial charge in [-0.2, -0.15) is 4.99 Å². The number of benzene rings is 2. The van der Waals surface area contributed by atoms with Gasteiger partial charge >= 0.3 is 6.30 Å². The van der Waals surface area contributed by atoms with Crippen molar-refractivity contribution in [2.24, 2.45) is 4.99 Å². The highest BCUT2D eigenvalue weighted by atomic mass is 32.2. The van der Waals surface area contributed by atoms with Gasteiger partial charge in [0.15, 0.2) is 0 Å². The molecular weight excluding hydrogens is 283 g/mol. The summed E-state index contributed by atoms with van der Waals surface area (Å²) >= 11 is 1.08. The molecule has 0 aromatic heterocycles. The van der Waals surface area contributed by atoms with E-state index in [9.17, 15) is 13.2 Å². The smallest absolute Gasteiger partial charge is 0.177 e. The zero-order valence-corrected chi connectivity index (χ0v) is 11.3. The fourth-order valence-corrected chi connectivity index (χ4v) is 2.57. The maximum Gasteiger partial charge on any atom is 0.504 e. The molecule has 0 radical (unpaired) electrons. The second-order valence-corrected chi connectivity index (χ2v) is 4.99. The van der Waals surface area contributed by atoms with E-state index >= 15 is 0 Å². The number of thioether (sulfide) groups is 1. The summed E-state index contributed by atoms with van der Waals surface area (Å²) in [5, 5.41) is -0.0121. The summed E-state index contributed by atoms with van der Waals surface area (Å²) in [4.78, 5) is 2.87. The van der Waals surface area contributed by atoms with Gasteiger partial charge in [0, 0.05) is 11.3 Å². The van der Waals surface area contributed by atoms with Crippen molar-refractivity contribution in [2.75, 3.05) is 0 Å². The average molecular weight is 295 g/mol. The first-order valence-electron chi connectivity index (χ1n) is 5.93. The Labute approximate surface area is 119 Å². The van der Waals surface area contributed by atoms with Gasteiger partial charge in [-0.25, -0.2) is 0 Å². The van der Waals surface area contributed by atoms with Gasteiger partial charge in [0.05, 0.1) is 0 Å². The molecule has 0 saturated carbocycles. The van der Waals surface area contributed by atoms with E-state index in [0.29, 0.717) is 11.3 Å². The summed E-state index contributed by atoms with van der Waals surface area (Å²) < 4.78 is 37.5. The fourth-order valence-electron chi connectivity index (χ4n) is 1.60. The van der Waals surface area contributed by atoms with Crippen LogP contribution in [0.3, 0.4) is 0 Å². The molecule has 0 amide bonds. The van der Waals surface area contributed by atoms with Crippen molar-refractivity contribution in [3.8, 4) is 0 Å². The third kappa shape index (κ3) is 4.74. The molecule has 0 bridgehead atoms. The van der Waals surface area contributed by atoms with Crippen molar-refractivity contribution in [1.82, 2.24) is 0 Å². The van der Waals surface area contributed by atoms with Crippen LogP contribution in [0.2, 0.25) is 0 Å². The highest BCUT2D eigenvalue weighted by molar-refractivity contribution is 8.13. The van der Waals surface area contributed by atoms with Crippen LogP contribution in [0, 0.1) is 0 Å². The maximum atomic E-state index is 12.5. The first-order valence-corrected chi connectivity index (χ1v) is 6.92. The summed E-state index contributed by atoms with van der Waals surface area (Å²) in [7, 11) is 0. The molecular formula is C15H12F3NS. The first kappa shape index (κ1) is 14.7. The molecule has 0 aliphatic rings. The molecule has 5 heteroatoms. The van der Waals surface area contributed by atoms with Gasteiger partial charge in [-0.15, -0.1) is 24.9 Å². The monoisotopic (exact) mass is 295 g/mol. The van der Waals surface area contributed by atoms with Crippen LogP contribution < -0.4 is 0 Å². The van der Waals surface area contributed by atoms with Crippen LogP contribution >= 0.6 is 11.8 Å². The number of aliphatic imine (C=N–C) groups is 1. The van der Waals surface area contributed by atoms with Crippen molar-refractivity contribution < 1.29 is 13.2 Å². The average Bonchev–Trinajstić information content (AvgIpc) is 2.44. The minimum absolute atomic E-state index is 0.0121. The van der Waals surface area contributed by atoms with E-state index < -0.39 is 6.30 Å². The normalized spacial score (nSPS) is 12.4. The van der Waals surface area contributed by atoms with Crippen molar-refractivity contribution in [2.45, 2.75) is 12.1 Å². The van der Waals surface area contributed by atoms with Crippen LogP contribution in [0.5, 0.6) is 0 Å². The van der Waals surface area contributed by atoms with Crippen molar-refractivity contribution >= 4 is 16.8 Å². The molecule has 0 aliphatic heterocycles. The van der Waals surface area contributed by atoms with Gasteiger partial charge in [0.25, 0.3) is 0 Å². The molecule has 0 saturated heterocycles. The minimum Gasteiger partial charge on any atom is -0.177 e. The van der Waals surface area contributed by atoms with Gasteiger partial charge in [0.1, 0.15) is 5.04 Å². The molecule has 0 fully saturated rings. The lowest BCUT2D eigenvalue weighted by atomic mass is 10.2. The second kappa shape index (κ2) is 6.61. The predicted octanol–water partition coefficient (Wildman–Crippen LogP) is 4.89. The van der Waals surface area contributed by atoms with E-state index in [1.807, 2.05) is 30.3 Å². The molecule has 0 heterocycles. The standard InChI is InChI=1S/C15H12F3NS/c16-15(17,18)19-14(13-9-5-2-6-10-13)20-11-12-7-3-1-4-8-12/h1-10H,11H2/b19-14+. The molecule has 1 nitrogen and oxygen atoms in total. The lowest BCUT2D eigenvalue weighted by Gasteiger charge is -2.08. The number of halogens is 3. The molecule has 104 valence electrons. The Kier molecular flexibility index (Phi) is 4.84. The number of hydrogen-bond acceptors (Lipinski definition) is 2. The maximum absolute atomic E-state index is 12.5. The van der Waals surface area contributed by atoms with Gasteiger partial charge in [-0.3, -0.25) is 0 Å². The van der Waals surface area contributed by atoms with E-state index in [1.54, 1.807) is 30.3 Å². The molecule has 0 atom stereocenters. The third-order valence-corrected chi connectivity index (χ3v) is 3.55. The second-order valence-electron chi connectivity index (χ2n) is 4.03. The fraction of sp³-hybridized carbons (Fsp3) is 0.133. The minimum atomic E-state index is -4.56. The molecule has 2 aromatic carbocycles. The number of alkyl halides is 3. The van der Waals surface area contributed by atoms with Crippen LogP contribution in [-0.2, 0) is 5.75 Å². The summed E-state index contributed by atoms with van der Waals surface area (Å²) in [5.41, 5.74) is 1.44. The van der Waals surface area contributed by atoms with Crippen molar-refractivity contribution in [1.29, 1.82) is 0 Å². The molecule has 20 heavy (non-hydrogen) atoms. The number of rotatable bonds is 3. The largest absolute Gasteiger partial charge is 0.504 e. The molecule has 0 spiro atoms. The lowest BCUT2D eigenvalue weighted by Crippen LogP contribution is -2.08. The Morgan fingerprint density at radius 1 is 0.900 bits per heavy atom. The summed E-state index contributed by atoms with van der Waals surface area (Å²) in [6.45, 7) is 0. The third-order valence-electron chi connectivity index (χ3n) is 2.47. The molecule has 2 rings (SSSR count). The summed E-state index contributed by atoms with van der Waals surface area (Å²) in [6.07, 6.45) is -4.56. The quantitative estimate of drug-likeness (QED) is 0.446. The summed E-state index contributed by atoms with van der Waals surface area (Å²) in [5.74, 6) is 0.449. The molecule has 2 aromatic rings. The zero-order valence-electron chi connectivity index (χ0n) is 10.5. The Hall–Kier alpha value is -1.75. The van der Waals surface area contributed by atoms with Crippen LogP contribution in [0.4, 0.5) is 13.2 Å². The van der Waals surface area contributed by atoms with E-state index in [1.165, 1.54) is 0 Å². The van der Waals surface area contributed by atoms with Gasteiger partial charge in [-0.05, 0) is 5.56 Å². The Morgan fingerprint density at radius 2 is 1.45 bits per heavy atom. The van der Waals surface area contributed by atoms with Crippen LogP contribution in [0.15, 0.2) is 65.7 Å².